The van der Waals surface area contributed by atoms with Crippen LogP contribution < -0.4 is 0 Å². The van der Waals surface area contributed by atoms with Crippen molar-refractivity contribution in [3.8, 4) is 0 Å². The highest BCUT2D eigenvalue weighted by molar-refractivity contribution is 5.78. The van der Waals surface area contributed by atoms with E-state index < -0.39 is 11.0 Å². The first-order valence-corrected chi connectivity index (χ1v) is 4.98. The van der Waals surface area contributed by atoms with Crippen molar-refractivity contribution in [3.63, 3.8) is 0 Å². The molecule has 1 rings (SSSR count). The molecule has 0 aromatic heterocycles. The molecule has 0 aliphatic rings. The molecule has 1 aromatic carbocycles. The van der Waals surface area contributed by atoms with Crippen molar-refractivity contribution in [1.29, 1.82) is 0 Å². The summed E-state index contributed by atoms with van der Waals surface area (Å²) in [6, 6.07) is 5.69. The van der Waals surface area contributed by atoms with Gasteiger partial charge in [-0.25, -0.2) is 0 Å². The van der Waals surface area contributed by atoms with Crippen LogP contribution >= 0.6 is 0 Å². The molecule has 86 valence electrons. The maximum absolute atomic E-state index is 11.1. The number of rotatable bonds is 5. The second kappa shape index (κ2) is 5.37. The molecule has 0 radical (unpaired) electrons. The smallest absolute Gasteiger partial charge is 0.269 e. The quantitative estimate of drug-likeness (QED) is 0.611. The van der Waals surface area contributed by atoms with Gasteiger partial charge in [0.2, 0.25) is 0 Å². The fourth-order valence-electron chi connectivity index (χ4n) is 1.32. The van der Waals surface area contributed by atoms with Crippen LogP contribution in [0.25, 0.3) is 0 Å². The lowest BCUT2D eigenvalue weighted by atomic mass is 10.0. The Labute approximate surface area is 92.9 Å². The molecule has 0 fully saturated rings. The van der Waals surface area contributed by atoms with E-state index in [2.05, 4.69) is 0 Å². The second-order valence-electron chi connectivity index (χ2n) is 3.46. The van der Waals surface area contributed by atoms with E-state index in [1.807, 2.05) is 0 Å². The first-order valence-electron chi connectivity index (χ1n) is 4.98. The SMILES string of the molecule is CCC(=O)CC(O)c1cccc([N+](=O)[O-])c1. The Balaban J connectivity index is 2.83. The minimum Gasteiger partial charge on any atom is -0.388 e. The van der Waals surface area contributed by atoms with Gasteiger partial charge in [-0.05, 0) is 5.56 Å². The van der Waals surface area contributed by atoms with E-state index in [-0.39, 0.29) is 17.9 Å². The van der Waals surface area contributed by atoms with E-state index in [9.17, 15) is 20.0 Å². The normalized spacial score (nSPS) is 12.1. The van der Waals surface area contributed by atoms with Gasteiger partial charge in [-0.1, -0.05) is 19.1 Å². The number of carbonyl (C=O) groups is 1. The van der Waals surface area contributed by atoms with Gasteiger partial charge in [0.15, 0.2) is 0 Å². The topological polar surface area (TPSA) is 80.4 Å². The molecule has 0 saturated carbocycles. The van der Waals surface area contributed by atoms with Gasteiger partial charge in [-0.2, -0.15) is 0 Å². The lowest BCUT2D eigenvalue weighted by Gasteiger charge is -2.08. The summed E-state index contributed by atoms with van der Waals surface area (Å²) < 4.78 is 0. The molecule has 16 heavy (non-hydrogen) atoms. The molecule has 0 aliphatic carbocycles. The summed E-state index contributed by atoms with van der Waals surface area (Å²) in [4.78, 5) is 21.1. The van der Waals surface area contributed by atoms with Crippen molar-refractivity contribution in [2.75, 3.05) is 0 Å². The average molecular weight is 223 g/mol. The zero-order valence-corrected chi connectivity index (χ0v) is 8.92. The number of nitro benzene ring substituents is 1. The number of aliphatic hydroxyl groups is 1. The molecule has 0 spiro atoms. The van der Waals surface area contributed by atoms with Crippen molar-refractivity contribution in [1.82, 2.24) is 0 Å². The van der Waals surface area contributed by atoms with E-state index >= 15 is 0 Å². The number of non-ortho nitro benzene ring substituents is 1. The van der Waals surface area contributed by atoms with Crippen molar-refractivity contribution >= 4 is 11.5 Å². The van der Waals surface area contributed by atoms with Gasteiger partial charge >= 0.3 is 0 Å². The van der Waals surface area contributed by atoms with Gasteiger partial charge in [-0.3, -0.25) is 14.9 Å². The van der Waals surface area contributed by atoms with Crippen LogP contribution in [-0.2, 0) is 4.79 Å². The Hall–Kier alpha value is -1.75. The summed E-state index contributed by atoms with van der Waals surface area (Å²) in [5.41, 5.74) is 0.316. The van der Waals surface area contributed by atoms with E-state index in [0.717, 1.165) is 0 Å². The summed E-state index contributed by atoms with van der Waals surface area (Å²) in [5, 5.41) is 20.2. The van der Waals surface area contributed by atoms with Gasteiger partial charge in [0.1, 0.15) is 5.78 Å². The average Bonchev–Trinajstić information content (AvgIpc) is 2.28. The van der Waals surface area contributed by atoms with Crippen LogP contribution in [0.2, 0.25) is 0 Å². The number of carbonyl (C=O) groups excluding carboxylic acids is 1. The van der Waals surface area contributed by atoms with Crippen molar-refractivity contribution in [2.45, 2.75) is 25.9 Å². The molecular formula is C11H13NO4. The van der Waals surface area contributed by atoms with Gasteiger partial charge in [0.25, 0.3) is 5.69 Å². The Morgan fingerprint density at radius 1 is 1.56 bits per heavy atom. The van der Waals surface area contributed by atoms with Crippen molar-refractivity contribution in [2.24, 2.45) is 0 Å². The number of hydrogen-bond donors (Lipinski definition) is 1. The monoisotopic (exact) mass is 223 g/mol. The van der Waals surface area contributed by atoms with Crippen LogP contribution in [0, 0.1) is 10.1 Å². The number of benzene rings is 1. The highest BCUT2D eigenvalue weighted by Crippen LogP contribution is 2.21. The predicted molar refractivity (Wildman–Crippen MR) is 58.0 cm³/mol. The van der Waals surface area contributed by atoms with Crippen LogP contribution in [0.3, 0.4) is 0 Å². The third-order valence-corrected chi connectivity index (χ3v) is 2.28. The lowest BCUT2D eigenvalue weighted by molar-refractivity contribution is -0.385. The molecule has 1 atom stereocenters. The zero-order valence-electron chi connectivity index (χ0n) is 8.92. The number of Topliss-reactive ketones (excluding diaryl/α,β-unsaturated/α-hetero) is 1. The lowest BCUT2D eigenvalue weighted by Crippen LogP contribution is -2.05. The number of ketones is 1. The van der Waals surface area contributed by atoms with E-state index in [1.54, 1.807) is 13.0 Å². The second-order valence-corrected chi connectivity index (χ2v) is 3.46. The Morgan fingerprint density at radius 3 is 2.81 bits per heavy atom. The van der Waals surface area contributed by atoms with E-state index in [0.29, 0.717) is 12.0 Å². The van der Waals surface area contributed by atoms with Crippen LogP contribution in [-0.4, -0.2) is 15.8 Å². The first kappa shape index (κ1) is 12.3. The number of nitro groups is 1. The van der Waals surface area contributed by atoms with Crippen molar-refractivity contribution < 1.29 is 14.8 Å². The predicted octanol–water partition coefficient (Wildman–Crippen LogP) is 2.00. The standard InChI is InChI=1S/C11H13NO4/c1-2-10(13)7-11(14)8-4-3-5-9(6-8)12(15)16/h3-6,11,14H,2,7H2,1H3. The Kier molecular flexibility index (Phi) is 4.13. The third kappa shape index (κ3) is 3.13. The molecule has 5 nitrogen and oxygen atoms in total. The summed E-state index contributed by atoms with van der Waals surface area (Å²) in [7, 11) is 0. The minimum atomic E-state index is -0.965. The molecule has 0 heterocycles. The zero-order chi connectivity index (χ0) is 12.1. The number of nitrogens with zero attached hydrogens (tertiary/aromatic N) is 1. The van der Waals surface area contributed by atoms with Gasteiger partial charge in [0, 0.05) is 25.0 Å². The van der Waals surface area contributed by atoms with Crippen molar-refractivity contribution in [3.05, 3.63) is 39.9 Å². The first-order chi connectivity index (χ1) is 7.54. The third-order valence-electron chi connectivity index (χ3n) is 2.28. The highest BCUT2D eigenvalue weighted by Gasteiger charge is 2.14. The van der Waals surface area contributed by atoms with Crippen LogP contribution in [0.4, 0.5) is 5.69 Å². The van der Waals surface area contributed by atoms with Crippen LogP contribution in [0.5, 0.6) is 0 Å². The molecule has 1 N–H and O–H groups in total. The molecule has 1 unspecified atom stereocenters. The fourth-order valence-corrected chi connectivity index (χ4v) is 1.32. The summed E-state index contributed by atoms with van der Waals surface area (Å²) >= 11 is 0. The van der Waals surface area contributed by atoms with E-state index in [4.69, 9.17) is 0 Å². The molecule has 0 bridgehead atoms. The molecule has 0 saturated heterocycles. The summed E-state index contributed by atoms with van der Waals surface area (Å²) in [5.74, 6) is -0.0704. The van der Waals surface area contributed by atoms with E-state index in [1.165, 1.54) is 18.2 Å². The van der Waals surface area contributed by atoms with Crippen LogP contribution in [0.1, 0.15) is 31.4 Å². The van der Waals surface area contributed by atoms with Gasteiger partial charge in [0.05, 0.1) is 11.0 Å². The molecule has 0 aliphatic heterocycles. The minimum absolute atomic E-state index is 0.00231. The Bertz CT molecular complexity index is 403. The van der Waals surface area contributed by atoms with Gasteiger partial charge < -0.3 is 5.11 Å². The summed E-state index contributed by atoms with van der Waals surface area (Å²) in [6.45, 7) is 1.71. The number of hydrogen-bond acceptors (Lipinski definition) is 4. The molecule has 5 heteroatoms. The van der Waals surface area contributed by atoms with Crippen LogP contribution in [0.15, 0.2) is 24.3 Å². The highest BCUT2D eigenvalue weighted by atomic mass is 16.6. The molecule has 1 aromatic rings. The molecule has 0 amide bonds. The number of aliphatic hydroxyl groups excluding tert-OH is 1. The maximum atomic E-state index is 11.1. The largest absolute Gasteiger partial charge is 0.388 e. The maximum Gasteiger partial charge on any atom is 0.269 e. The molecular weight excluding hydrogens is 210 g/mol. The Morgan fingerprint density at radius 2 is 2.25 bits per heavy atom. The summed E-state index contributed by atoms with van der Waals surface area (Å²) in [6.07, 6.45) is -0.615. The fraction of sp³-hybridized carbons (Fsp3) is 0.364. The van der Waals surface area contributed by atoms with Gasteiger partial charge in [-0.15, -0.1) is 0 Å².